The number of aryl methyl sites for hydroxylation is 2. The molecule has 0 aliphatic carbocycles. The van der Waals surface area contributed by atoms with Gasteiger partial charge >= 0.3 is 0 Å². The maximum absolute atomic E-state index is 12.0. The Kier molecular flexibility index (Phi) is 3.46. The molecule has 2 aromatic rings. The fraction of sp³-hybridized carbons (Fsp3) is 0.286. The normalized spacial score (nSPS) is 12.2. The summed E-state index contributed by atoms with van der Waals surface area (Å²) in [6.07, 6.45) is 3.29. The molecule has 94 valence electrons. The molecule has 18 heavy (non-hydrogen) atoms. The van der Waals surface area contributed by atoms with E-state index in [0.29, 0.717) is 5.76 Å². The van der Waals surface area contributed by atoms with Crippen molar-refractivity contribution in [2.75, 3.05) is 0 Å². The first kappa shape index (κ1) is 12.4. The summed E-state index contributed by atoms with van der Waals surface area (Å²) >= 11 is 0. The summed E-state index contributed by atoms with van der Waals surface area (Å²) in [5, 5.41) is 2.89. The molecule has 4 heteroatoms. The van der Waals surface area contributed by atoms with Crippen molar-refractivity contribution in [3.63, 3.8) is 0 Å². The predicted octanol–water partition coefficient (Wildman–Crippen LogP) is 2.78. The number of pyridine rings is 1. The first-order valence-corrected chi connectivity index (χ1v) is 5.85. The zero-order chi connectivity index (χ0) is 13.1. The van der Waals surface area contributed by atoms with Gasteiger partial charge in [0.1, 0.15) is 0 Å². The molecule has 0 aliphatic heterocycles. The second kappa shape index (κ2) is 5.04. The number of hydrogen-bond acceptors (Lipinski definition) is 3. The van der Waals surface area contributed by atoms with Crippen LogP contribution in [0.5, 0.6) is 0 Å². The Morgan fingerprint density at radius 2 is 2.11 bits per heavy atom. The summed E-state index contributed by atoms with van der Waals surface area (Å²) in [4.78, 5) is 16.2. The largest absolute Gasteiger partial charge is 0.459 e. The van der Waals surface area contributed by atoms with Crippen LogP contribution >= 0.6 is 0 Å². The molecule has 0 aliphatic rings. The summed E-state index contributed by atoms with van der Waals surface area (Å²) in [7, 11) is 0. The minimum absolute atomic E-state index is 0.102. The molecule has 1 N–H and O–H groups in total. The van der Waals surface area contributed by atoms with E-state index < -0.39 is 0 Å². The van der Waals surface area contributed by atoms with Crippen molar-refractivity contribution in [2.45, 2.75) is 26.8 Å². The Morgan fingerprint density at radius 3 is 2.67 bits per heavy atom. The molecule has 0 spiro atoms. The van der Waals surface area contributed by atoms with E-state index in [1.165, 1.54) is 6.26 Å². The number of aromatic nitrogens is 1. The second-order valence-electron chi connectivity index (χ2n) is 4.36. The van der Waals surface area contributed by atoms with Crippen LogP contribution in [0.2, 0.25) is 0 Å². The Hall–Kier alpha value is -2.10. The van der Waals surface area contributed by atoms with Gasteiger partial charge in [0.25, 0.3) is 5.91 Å². The van der Waals surface area contributed by atoms with E-state index in [-0.39, 0.29) is 11.9 Å². The maximum Gasteiger partial charge on any atom is 0.287 e. The van der Waals surface area contributed by atoms with Crippen LogP contribution in [0.15, 0.2) is 35.1 Å². The topological polar surface area (TPSA) is 55.1 Å². The third kappa shape index (κ3) is 2.59. The first-order valence-electron chi connectivity index (χ1n) is 5.85. The molecule has 2 heterocycles. The number of amides is 1. The van der Waals surface area contributed by atoms with Gasteiger partial charge in [-0.05, 0) is 38.5 Å². The van der Waals surface area contributed by atoms with Crippen LogP contribution in [0.1, 0.15) is 40.3 Å². The van der Waals surface area contributed by atoms with E-state index in [2.05, 4.69) is 10.3 Å². The quantitative estimate of drug-likeness (QED) is 0.903. The van der Waals surface area contributed by atoms with Crippen molar-refractivity contribution in [3.05, 3.63) is 53.2 Å². The van der Waals surface area contributed by atoms with Gasteiger partial charge in [-0.3, -0.25) is 9.78 Å². The molecular weight excluding hydrogens is 228 g/mol. The lowest BCUT2D eigenvalue weighted by molar-refractivity contribution is 0.0911. The summed E-state index contributed by atoms with van der Waals surface area (Å²) in [5.74, 6) is 0.160. The van der Waals surface area contributed by atoms with Gasteiger partial charge in [-0.2, -0.15) is 0 Å². The van der Waals surface area contributed by atoms with Gasteiger partial charge in [0.05, 0.1) is 12.3 Å². The van der Waals surface area contributed by atoms with Crippen LogP contribution in [-0.4, -0.2) is 10.9 Å². The minimum atomic E-state index is -0.203. The molecule has 0 saturated heterocycles. The Labute approximate surface area is 106 Å². The number of carbonyl (C=O) groups is 1. The highest BCUT2D eigenvalue weighted by Gasteiger charge is 2.16. The zero-order valence-corrected chi connectivity index (χ0v) is 10.7. The highest BCUT2D eigenvalue weighted by Crippen LogP contribution is 2.14. The van der Waals surface area contributed by atoms with Crippen LogP contribution in [-0.2, 0) is 0 Å². The van der Waals surface area contributed by atoms with Gasteiger partial charge in [-0.25, -0.2) is 0 Å². The molecule has 2 aromatic heterocycles. The van der Waals surface area contributed by atoms with Crippen LogP contribution in [0.4, 0.5) is 0 Å². The molecular formula is C14H16N2O2. The second-order valence-corrected chi connectivity index (χ2v) is 4.36. The molecule has 1 unspecified atom stereocenters. The molecule has 0 bridgehead atoms. The van der Waals surface area contributed by atoms with Crippen molar-refractivity contribution in [1.82, 2.24) is 10.3 Å². The standard InChI is InChI=1S/C14H16N2O2/c1-9-6-7-18-13(9)14(17)16-11(3)12-5-4-10(2)15-8-12/h4-8,11H,1-3H3,(H,16,17). The lowest BCUT2D eigenvalue weighted by Gasteiger charge is -2.13. The average molecular weight is 244 g/mol. The Morgan fingerprint density at radius 1 is 1.33 bits per heavy atom. The number of nitrogens with one attached hydrogen (secondary N) is 1. The van der Waals surface area contributed by atoms with Crippen LogP contribution in [0.25, 0.3) is 0 Å². The van der Waals surface area contributed by atoms with E-state index in [1.54, 1.807) is 12.3 Å². The third-order valence-electron chi connectivity index (χ3n) is 2.85. The number of hydrogen-bond donors (Lipinski definition) is 1. The summed E-state index contributed by atoms with van der Waals surface area (Å²) < 4.78 is 5.15. The van der Waals surface area contributed by atoms with Gasteiger partial charge in [0.15, 0.2) is 5.76 Å². The lowest BCUT2D eigenvalue weighted by Crippen LogP contribution is -2.26. The minimum Gasteiger partial charge on any atom is -0.459 e. The van der Waals surface area contributed by atoms with Gasteiger partial charge in [0.2, 0.25) is 0 Å². The van der Waals surface area contributed by atoms with Crippen molar-refractivity contribution in [1.29, 1.82) is 0 Å². The molecule has 2 rings (SSSR count). The highest BCUT2D eigenvalue weighted by atomic mass is 16.3. The molecule has 4 nitrogen and oxygen atoms in total. The molecule has 0 aromatic carbocycles. The highest BCUT2D eigenvalue weighted by molar-refractivity contribution is 5.93. The summed E-state index contributed by atoms with van der Waals surface area (Å²) in [6, 6.07) is 5.56. The first-order chi connectivity index (χ1) is 8.58. The van der Waals surface area contributed by atoms with Crippen molar-refractivity contribution in [2.24, 2.45) is 0 Å². The van der Waals surface area contributed by atoms with Gasteiger partial charge in [-0.1, -0.05) is 6.07 Å². The van der Waals surface area contributed by atoms with Crippen LogP contribution in [0, 0.1) is 13.8 Å². The fourth-order valence-electron chi connectivity index (χ4n) is 1.69. The van der Waals surface area contributed by atoms with Gasteiger partial charge in [0, 0.05) is 17.5 Å². The molecule has 0 radical (unpaired) electrons. The van der Waals surface area contributed by atoms with E-state index in [1.807, 2.05) is 32.9 Å². The smallest absolute Gasteiger partial charge is 0.287 e. The molecule has 1 amide bonds. The van der Waals surface area contributed by atoms with Crippen molar-refractivity contribution in [3.8, 4) is 0 Å². The van der Waals surface area contributed by atoms with Gasteiger partial charge in [-0.15, -0.1) is 0 Å². The van der Waals surface area contributed by atoms with E-state index >= 15 is 0 Å². The maximum atomic E-state index is 12.0. The zero-order valence-electron chi connectivity index (χ0n) is 10.7. The predicted molar refractivity (Wildman–Crippen MR) is 68.3 cm³/mol. The fourth-order valence-corrected chi connectivity index (χ4v) is 1.69. The third-order valence-corrected chi connectivity index (χ3v) is 2.85. The number of furan rings is 1. The molecule has 1 atom stereocenters. The monoisotopic (exact) mass is 244 g/mol. The van der Waals surface area contributed by atoms with E-state index in [9.17, 15) is 4.79 Å². The lowest BCUT2D eigenvalue weighted by atomic mass is 10.1. The Balaban J connectivity index is 2.08. The number of carbonyl (C=O) groups excluding carboxylic acids is 1. The summed E-state index contributed by atoms with van der Waals surface area (Å²) in [5.41, 5.74) is 2.76. The average Bonchev–Trinajstić information content (AvgIpc) is 2.76. The SMILES string of the molecule is Cc1ccc(C(C)NC(=O)c2occc2C)cn1. The van der Waals surface area contributed by atoms with E-state index in [4.69, 9.17) is 4.42 Å². The van der Waals surface area contributed by atoms with Crippen molar-refractivity contribution >= 4 is 5.91 Å². The van der Waals surface area contributed by atoms with Crippen LogP contribution in [0.3, 0.4) is 0 Å². The Bertz CT molecular complexity index is 543. The number of rotatable bonds is 3. The van der Waals surface area contributed by atoms with Crippen molar-refractivity contribution < 1.29 is 9.21 Å². The molecule has 0 saturated carbocycles. The summed E-state index contributed by atoms with van der Waals surface area (Å²) in [6.45, 7) is 5.69. The van der Waals surface area contributed by atoms with E-state index in [0.717, 1.165) is 16.8 Å². The van der Waals surface area contributed by atoms with Crippen LogP contribution < -0.4 is 5.32 Å². The number of nitrogens with zero attached hydrogens (tertiary/aromatic N) is 1. The van der Waals surface area contributed by atoms with Gasteiger partial charge < -0.3 is 9.73 Å². The molecule has 0 fully saturated rings.